The summed E-state index contributed by atoms with van der Waals surface area (Å²) in [5.41, 5.74) is -0.546. The Morgan fingerprint density at radius 1 is 0.639 bits per heavy atom. The Morgan fingerprint density at radius 2 is 1.25 bits per heavy atom. The van der Waals surface area contributed by atoms with Crippen molar-refractivity contribution in [2.24, 2.45) is 11.8 Å². The van der Waals surface area contributed by atoms with E-state index in [0.717, 1.165) is 15.7 Å². The second-order valence-corrected chi connectivity index (χ2v) is 9.40. The van der Waals surface area contributed by atoms with E-state index in [4.69, 9.17) is 4.74 Å². The molecule has 1 aliphatic carbocycles. The predicted molar refractivity (Wildman–Crippen MR) is 132 cm³/mol. The summed E-state index contributed by atoms with van der Waals surface area (Å²) in [7, 11) is 0. The molecule has 0 N–H and O–H groups in total. The quantitative estimate of drug-likeness (QED) is 0.316. The highest BCUT2D eigenvalue weighted by Crippen LogP contribution is 2.58. The van der Waals surface area contributed by atoms with E-state index < -0.39 is 46.9 Å². The number of carbonyl (C=O) groups excluding carboxylic acids is 4. The minimum absolute atomic E-state index is 0.221. The van der Waals surface area contributed by atoms with Crippen molar-refractivity contribution >= 4 is 39.8 Å². The van der Waals surface area contributed by atoms with Gasteiger partial charge in [-0.2, -0.15) is 0 Å². The number of rotatable bonds is 2. The SMILES string of the molecule is O=C1[C@H]2[C@@H](c3ccccc3)OC3(C(=O)c4ccccc4C3=O)[C@@H]2C(=O)N1c1cccc2ccccc12. The lowest BCUT2D eigenvalue weighted by atomic mass is 9.77. The summed E-state index contributed by atoms with van der Waals surface area (Å²) in [5, 5.41) is 1.61. The van der Waals surface area contributed by atoms with E-state index in [1.807, 2.05) is 36.4 Å². The normalized spacial score (nSPS) is 24.1. The van der Waals surface area contributed by atoms with E-state index in [-0.39, 0.29) is 11.1 Å². The number of Topliss-reactive ketones (excluding diaryl/α,β-unsaturated/α-hetero) is 2. The molecule has 0 unspecified atom stereocenters. The largest absolute Gasteiger partial charge is 0.349 e. The van der Waals surface area contributed by atoms with Gasteiger partial charge in [0.25, 0.3) is 0 Å². The van der Waals surface area contributed by atoms with E-state index >= 15 is 0 Å². The molecule has 2 fully saturated rings. The van der Waals surface area contributed by atoms with Gasteiger partial charge in [0.15, 0.2) is 0 Å². The van der Waals surface area contributed by atoms with Crippen molar-refractivity contribution in [2.45, 2.75) is 11.7 Å². The van der Waals surface area contributed by atoms with Gasteiger partial charge in [0, 0.05) is 16.5 Å². The maximum atomic E-state index is 14.1. The zero-order valence-electron chi connectivity index (χ0n) is 19.0. The number of anilines is 1. The number of carbonyl (C=O) groups is 4. The van der Waals surface area contributed by atoms with Crippen LogP contribution >= 0.6 is 0 Å². The molecule has 174 valence electrons. The van der Waals surface area contributed by atoms with Gasteiger partial charge >= 0.3 is 0 Å². The van der Waals surface area contributed by atoms with Gasteiger partial charge in [-0.25, -0.2) is 4.90 Å². The van der Waals surface area contributed by atoms with E-state index in [2.05, 4.69) is 0 Å². The first-order chi connectivity index (χ1) is 17.5. The smallest absolute Gasteiger partial charge is 0.241 e. The van der Waals surface area contributed by atoms with Crippen molar-refractivity contribution in [3.8, 4) is 0 Å². The van der Waals surface area contributed by atoms with Crippen LogP contribution in [-0.4, -0.2) is 29.0 Å². The number of ether oxygens (including phenoxy) is 1. The van der Waals surface area contributed by atoms with Gasteiger partial charge < -0.3 is 4.74 Å². The molecule has 4 aromatic carbocycles. The van der Waals surface area contributed by atoms with Gasteiger partial charge in [0.1, 0.15) is 0 Å². The van der Waals surface area contributed by atoms with E-state index in [0.29, 0.717) is 11.3 Å². The maximum Gasteiger partial charge on any atom is 0.241 e. The molecule has 2 heterocycles. The predicted octanol–water partition coefficient (Wildman–Crippen LogP) is 4.53. The molecule has 2 aliphatic heterocycles. The Morgan fingerprint density at radius 3 is 1.97 bits per heavy atom. The Kier molecular flexibility index (Phi) is 4.23. The number of hydrogen-bond acceptors (Lipinski definition) is 5. The highest BCUT2D eigenvalue weighted by atomic mass is 16.5. The third-order valence-corrected chi connectivity index (χ3v) is 7.65. The number of ketones is 2. The summed E-state index contributed by atoms with van der Waals surface area (Å²) in [6.45, 7) is 0. The van der Waals surface area contributed by atoms with E-state index in [1.54, 1.807) is 60.7 Å². The molecule has 36 heavy (non-hydrogen) atoms. The Labute approximate surface area is 206 Å². The third-order valence-electron chi connectivity index (χ3n) is 7.65. The molecule has 1 spiro atoms. The first-order valence-electron chi connectivity index (χ1n) is 11.8. The van der Waals surface area contributed by atoms with Crippen molar-refractivity contribution in [3.05, 3.63) is 114 Å². The highest BCUT2D eigenvalue weighted by Gasteiger charge is 2.74. The molecular weight excluding hydrogens is 454 g/mol. The highest BCUT2D eigenvalue weighted by molar-refractivity contribution is 6.37. The van der Waals surface area contributed by atoms with Crippen molar-refractivity contribution in [2.75, 3.05) is 4.90 Å². The van der Waals surface area contributed by atoms with Crippen LogP contribution in [-0.2, 0) is 14.3 Å². The van der Waals surface area contributed by atoms with Crippen LogP contribution in [0.1, 0.15) is 32.4 Å². The monoisotopic (exact) mass is 473 g/mol. The zero-order valence-corrected chi connectivity index (χ0v) is 19.0. The molecule has 6 nitrogen and oxygen atoms in total. The number of benzene rings is 4. The van der Waals surface area contributed by atoms with Gasteiger partial charge in [-0.15, -0.1) is 0 Å². The van der Waals surface area contributed by atoms with E-state index in [1.165, 1.54) is 0 Å². The second kappa shape index (κ2) is 7.29. The van der Waals surface area contributed by atoms with Crippen molar-refractivity contribution in [1.82, 2.24) is 0 Å². The fraction of sp³-hybridized carbons (Fsp3) is 0.133. The maximum absolute atomic E-state index is 14.1. The molecule has 0 aromatic heterocycles. The molecule has 3 aliphatic rings. The number of imide groups is 1. The molecule has 0 bridgehead atoms. The van der Waals surface area contributed by atoms with Crippen molar-refractivity contribution < 1.29 is 23.9 Å². The van der Waals surface area contributed by atoms with Crippen LogP contribution in [0.3, 0.4) is 0 Å². The summed E-state index contributed by atoms with van der Waals surface area (Å²) in [6.07, 6.45) is -0.921. The summed E-state index contributed by atoms with van der Waals surface area (Å²) in [5.74, 6) is -4.45. The van der Waals surface area contributed by atoms with E-state index in [9.17, 15) is 19.2 Å². The van der Waals surface area contributed by atoms with Gasteiger partial charge in [-0.1, -0.05) is 91.0 Å². The van der Waals surface area contributed by atoms with Crippen LogP contribution in [0.5, 0.6) is 0 Å². The minimum atomic E-state index is -2.07. The average molecular weight is 473 g/mol. The molecule has 3 atom stereocenters. The summed E-state index contributed by atoms with van der Waals surface area (Å²) in [6, 6.07) is 28.4. The molecule has 0 radical (unpaired) electrons. The minimum Gasteiger partial charge on any atom is -0.349 e. The topological polar surface area (TPSA) is 80.8 Å². The molecule has 2 saturated heterocycles. The summed E-state index contributed by atoms with van der Waals surface area (Å²) >= 11 is 0. The third kappa shape index (κ3) is 2.49. The lowest BCUT2D eigenvalue weighted by Crippen LogP contribution is -2.51. The summed E-state index contributed by atoms with van der Waals surface area (Å²) < 4.78 is 6.32. The number of fused-ring (bicyclic) bond motifs is 4. The van der Waals surface area contributed by atoms with Crippen molar-refractivity contribution in [3.63, 3.8) is 0 Å². The fourth-order valence-electron chi connectivity index (χ4n) is 6.10. The van der Waals surface area contributed by atoms with Gasteiger partial charge in [-0.3, -0.25) is 19.2 Å². The number of nitrogens with zero attached hydrogens (tertiary/aromatic N) is 1. The number of amides is 2. The van der Waals surface area contributed by atoms with Crippen LogP contribution in [0.2, 0.25) is 0 Å². The van der Waals surface area contributed by atoms with Crippen LogP contribution in [0.4, 0.5) is 5.69 Å². The van der Waals surface area contributed by atoms with Crippen LogP contribution in [0.15, 0.2) is 97.1 Å². The first-order valence-corrected chi connectivity index (χ1v) is 11.8. The molecule has 7 rings (SSSR count). The van der Waals surface area contributed by atoms with Crippen LogP contribution in [0, 0.1) is 11.8 Å². The van der Waals surface area contributed by atoms with Gasteiger partial charge in [0.2, 0.25) is 29.0 Å². The standard InChI is InChI=1S/C30H19NO5/c32-26-20-14-6-7-15-21(20)27(33)30(26)24-23(25(36-30)18-10-2-1-3-11-18)28(34)31(29(24)35)22-16-8-12-17-9-4-5-13-19(17)22/h1-16,23-25H/t23-,24+,25-/m1/s1. The first kappa shape index (κ1) is 20.9. The summed E-state index contributed by atoms with van der Waals surface area (Å²) in [4.78, 5) is 57.0. The van der Waals surface area contributed by atoms with Crippen LogP contribution < -0.4 is 4.90 Å². The Balaban J connectivity index is 1.45. The van der Waals surface area contributed by atoms with Crippen LogP contribution in [0.25, 0.3) is 10.8 Å². The second-order valence-electron chi connectivity index (χ2n) is 9.40. The molecule has 6 heteroatoms. The molecule has 0 saturated carbocycles. The molecule has 2 amide bonds. The van der Waals surface area contributed by atoms with Crippen molar-refractivity contribution in [1.29, 1.82) is 0 Å². The van der Waals surface area contributed by atoms with Gasteiger partial charge in [-0.05, 0) is 17.0 Å². The molecular formula is C30H19NO5. The lowest BCUT2D eigenvalue weighted by Gasteiger charge is -2.27. The average Bonchev–Trinajstić information content (AvgIpc) is 3.49. The molecule has 4 aromatic rings. The number of hydrogen-bond donors (Lipinski definition) is 0. The fourth-order valence-corrected chi connectivity index (χ4v) is 6.10. The van der Waals surface area contributed by atoms with Gasteiger partial charge in [0.05, 0.1) is 23.6 Å². The Hall–Kier alpha value is -4.42. The lowest BCUT2D eigenvalue weighted by molar-refractivity contribution is -0.127. The Bertz CT molecular complexity index is 1580. The zero-order chi connectivity index (χ0) is 24.6.